The second-order valence-electron chi connectivity index (χ2n) is 4.44. The lowest BCUT2D eigenvalue weighted by atomic mass is 10.1. The fraction of sp³-hybridized carbons (Fsp3) is 0.133. The molecule has 0 spiro atoms. The fourth-order valence-corrected chi connectivity index (χ4v) is 2.09. The van der Waals surface area contributed by atoms with Crippen LogP contribution in [0.25, 0.3) is 0 Å². The lowest BCUT2D eigenvalue weighted by Crippen LogP contribution is -2.13. The molecule has 0 atom stereocenters. The van der Waals surface area contributed by atoms with Gasteiger partial charge >= 0.3 is 0 Å². The van der Waals surface area contributed by atoms with Crippen LogP contribution < -0.4 is 11.1 Å². The van der Waals surface area contributed by atoms with Gasteiger partial charge in [0.2, 0.25) is 0 Å². The number of nitrogens with one attached hydrogen (secondary N) is 1. The van der Waals surface area contributed by atoms with Crippen LogP contribution in [0.1, 0.15) is 21.5 Å². The molecule has 0 saturated heterocycles. The molecular weight excluding hydrogens is 304 g/mol. The smallest absolute Gasteiger partial charge is 0.255 e. The van der Waals surface area contributed by atoms with E-state index in [9.17, 15) is 4.79 Å². The largest absolute Gasteiger partial charge is 0.398 e. The highest BCUT2D eigenvalue weighted by molar-refractivity contribution is 9.10. The third-order valence-corrected chi connectivity index (χ3v) is 3.92. The number of rotatable bonds is 2. The summed E-state index contributed by atoms with van der Waals surface area (Å²) in [5.74, 6) is -0.159. The molecule has 0 aliphatic rings. The van der Waals surface area contributed by atoms with Crippen LogP contribution in [0.15, 0.2) is 40.9 Å². The molecule has 0 heterocycles. The number of hydrogen-bond donors (Lipinski definition) is 2. The third-order valence-electron chi connectivity index (χ3n) is 3.06. The van der Waals surface area contributed by atoms with Crippen molar-refractivity contribution in [2.45, 2.75) is 13.8 Å². The first-order valence-corrected chi connectivity index (χ1v) is 6.71. The second-order valence-corrected chi connectivity index (χ2v) is 5.29. The van der Waals surface area contributed by atoms with E-state index >= 15 is 0 Å². The SMILES string of the molecule is Cc1ccc(C(=O)Nc2cccc(Br)c2C)cc1N. The molecule has 4 heteroatoms. The van der Waals surface area contributed by atoms with Gasteiger partial charge in [-0.3, -0.25) is 4.79 Å². The topological polar surface area (TPSA) is 55.1 Å². The van der Waals surface area contributed by atoms with Gasteiger partial charge < -0.3 is 11.1 Å². The van der Waals surface area contributed by atoms with E-state index in [2.05, 4.69) is 21.2 Å². The van der Waals surface area contributed by atoms with Crippen molar-refractivity contribution in [3.63, 3.8) is 0 Å². The minimum atomic E-state index is -0.159. The number of nitrogens with two attached hydrogens (primary N) is 1. The van der Waals surface area contributed by atoms with E-state index in [0.717, 1.165) is 21.3 Å². The normalized spacial score (nSPS) is 10.3. The first kappa shape index (κ1) is 13.6. The molecule has 0 radical (unpaired) electrons. The number of hydrogen-bond acceptors (Lipinski definition) is 2. The molecule has 0 bridgehead atoms. The first-order valence-electron chi connectivity index (χ1n) is 5.91. The molecule has 0 aromatic heterocycles. The predicted octanol–water partition coefficient (Wildman–Crippen LogP) is 3.90. The van der Waals surface area contributed by atoms with Gasteiger partial charge in [0.05, 0.1) is 0 Å². The zero-order valence-corrected chi connectivity index (χ0v) is 12.4. The Labute approximate surface area is 121 Å². The molecule has 0 aliphatic heterocycles. The average Bonchev–Trinajstić information content (AvgIpc) is 2.38. The first-order chi connectivity index (χ1) is 8.99. The number of amides is 1. The number of benzene rings is 2. The highest BCUT2D eigenvalue weighted by Gasteiger charge is 2.09. The summed E-state index contributed by atoms with van der Waals surface area (Å²) >= 11 is 3.44. The van der Waals surface area contributed by atoms with E-state index < -0.39 is 0 Å². The van der Waals surface area contributed by atoms with E-state index in [1.54, 1.807) is 12.1 Å². The van der Waals surface area contributed by atoms with E-state index in [1.807, 2.05) is 38.1 Å². The molecule has 0 aliphatic carbocycles. The van der Waals surface area contributed by atoms with Crippen LogP contribution in [-0.4, -0.2) is 5.91 Å². The number of anilines is 2. The van der Waals surface area contributed by atoms with Crippen LogP contribution in [-0.2, 0) is 0 Å². The van der Waals surface area contributed by atoms with Crippen molar-refractivity contribution in [1.82, 2.24) is 0 Å². The molecule has 19 heavy (non-hydrogen) atoms. The molecule has 0 fully saturated rings. The highest BCUT2D eigenvalue weighted by Crippen LogP contribution is 2.24. The molecule has 3 nitrogen and oxygen atoms in total. The Bertz CT molecular complexity index is 638. The van der Waals surface area contributed by atoms with Gasteiger partial charge in [0.1, 0.15) is 0 Å². The lowest BCUT2D eigenvalue weighted by molar-refractivity contribution is 0.102. The van der Waals surface area contributed by atoms with Crippen molar-refractivity contribution >= 4 is 33.2 Å². The summed E-state index contributed by atoms with van der Waals surface area (Å²) in [4.78, 5) is 12.2. The van der Waals surface area contributed by atoms with Crippen LogP contribution in [0.5, 0.6) is 0 Å². The Hall–Kier alpha value is -1.81. The van der Waals surface area contributed by atoms with Crippen molar-refractivity contribution < 1.29 is 4.79 Å². The maximum Gasteiger partial charge on any atom is 0.255 e. The fourth-order valence-electron chi connectivity index (χ4n) is 1.72. The number of carbonyl (C=O) groups excluding carboxylic acids is 1. The highest BCUT2D eigenvalue weighted by atomic mass is 79.9. The third kappa shape index (κ3) is 2.96. The van der Waals surface area contributed by atoms with E-state index in [-0.39, 0.29) is 5.91 Å². The minimum Gasteiger partial charge on any atom is -0.398 e. The summed E-state index contributed by atoms with van der Waals surface area (Å²) in [5.41, 5.74) is 9.75. The minimum absolute atomic E-state index is 0.159. The van der Waals surface area contributed by atoms with Crippen molar-refractivity contribution in [2.75, 3.05) is 11.1 Å². The van der Waals surface area contributed by atoms with Crippen LogP contribution in [0.2, 0.25) is 0 Å². The van der Waals surface area contributed by atoms with Gasteiger partial charge in [0.15, 0.2) is 0 Å². The molecule has 2 aromatic carbocycles. The summed E-state index contributed by atoms with van der Waals surface area (Å²) in [5, 5.41) is 2.89. The van der Waals surface area contributed by atoms with Gasteiger partial charge in [0.25, 0.3) is 5.91 Å². The quantitative estimate of drug-likeness (QED) is 0.825. The van der Waals surface area contributed by atoms with Gasteiger partial charge in [-0.2, -0.15) is 0 Å². The van der Waals surface area contributed by atoms with Crippen molar-refractivity contribution in [2.24, 2.45) is 0 Å². The van der Waals surface area contributed by atoms with Crippen molar-refractivity contribution in [3.05, 3.63) is 57.6 Å². The zero-order valence-electron chi connectivity index (χ0n) is 10.8. The summed E-state index contributed by atoms with van der Waals surface area (Å²) in [6, 6.07) is 11.0. The van der Waals surface area contributed by atoms with Gasteiger partial charge in [0, 0.05) is 21.4 Å². The van der Waals surface area contributed by atoms with Crippen LogP contribution in [0, 0.1) is 13.8 Å². The lowest BCUT2D eigenvalue weighted by Gasteiger charge is -2.10. The second kappa shape index (κ2) is 5.45. The average molecular weight is 319 g/mol. The summed E-state index contributed by atoms with van der Waals surface area (Å²) < 4.78 is 0.966. The molecular formula is C15H15BrN2O. The van der Waals surface area contributed by atoms with E-state index in [0.29, 0.717) is 11.3 Å². The van der Waals surface area contributed by atoms with Crippen LogP contribution in [0.3, 0.4) is 0 Å². The maximum absolute atomic E-state index is 12.2. The molecule has 2 rings (SSSR count). The molecule has 2 aromatic rings. The Morgan fingerprint density at radius 1 is 1.21 bits per heavy atom. The Balaban J connectivity index is 2.26. The standard InChI is InChI=1S/C15H15BrN2O/c1-9-6-7-11(8-13(9)17)15(19)18-14-5-3-4-12(16)10(14)2/h3-8H,17H2,1-2H3,(H,18,19). The molecule has 0 unspecified atom stereocenters. The molecule has 0 saturated carbocycles. The van der Waals surface area contributed by atoms with Crippen molar-refractivity contribution in [1.29, 1.82) is 0 Å². The summed E-state index contributed by atoms with van der Waals surface area (Å²) in [7, 11) is 0. The van der Waals surface area contributed by atoms with Gasteiger partial charge in [-0.15, -0.1) is 0 Å². The van der Waals surface area contributed by atoms with E-state index in [4.69, 9.17) is 5.73 Å². The number of nitrogen functional groups attached to an aromatic ring is 1. The number of aryl methyl sites for hydroxylation is 1. The summed E-state index contributed by atoms with van der Waals surface area (Å²) in [6.07, 6.45) is 0. The van der Waals surface area contributed by atoms with Crippen LogP contribution in [0.4, 0.5) is 11.4 Å². The van der Waals surface area contributed by atoms with Crippen molar-refractivity contribution in [3.8, 4) is 0 Å². The zero-order chi connectivity index (χ0) is 14.0. The molecule has 98 valence electrons. The predicted molar refractivity (Wildman–Crippen MR) is 82.4 cm³/mol. The monoisotopic (exact) mass is 318 g/mol. The van der Waals surface area contributed by atoms with Crippen LogP contribution >= 0.6 is 15.9 Å². The van der Waals surface area contributed by atoms with Gasteiger partial charge in [-0.25, -0.2) is 0 Å². The van der Waals surface area contributed by atoms with Gasteiger partial charge in [-0.1, -0.05) is 28.1 Å². The molecule has 1 amide bonds. The molecule has 3 N–H and O–H groups in total. The Kier molecular flexibility index (Phi) is 3.90. The maximum atomic E-state index is 12.2. The summed E-state index contributed by atoms with van der Waals surface area (Å²) in [6.45, 7) is 3.86. The number of carbonyl (C=O) groups is 1. The van der Waals surface area contributed by atoms with E-state index in [1.165, 1.54) is 0 Å². The Morgan fingerprint density at radius 3 is 2.63 bits per heavy atom. The number of halogens is 1. The van der Waals surface area contributed by atoms with Gasteiger partial charge in [-0.05, 0) is 49.2 Å². The Morgan fingerprint density at radius 2 is 1.95 bits per heavy atom.